The van der Waals surface area contributed by atoms with Gasteiger partial charge >= 0.3 is 0 Å². The number of amides is 1. The lowest BCUT2D eigenvalue weighted by molar-refractivity contribution is -0.123. The van der Waals surface area contributed by atoms with Crippen LogP contribution in [0.1, 0.15) is 37.5 Å². The Hall–Kier alpha value is -2.34. The Morgan fingerprint density at radius 2 is 1.89 bits per heavy atom. The molecule has 0 aliphatic heterocycles. The van der Waals surface area contributed by atoms with Gasteiger partial charge in [0.05, 0.1) is 17.8 Å². The number of methoxy groups -OCH3 is 1. The average Bonchev–Trinajstić information content (AvgIpc) is 2.60. The van der Waals surface area contributed by atoms with Gasteiger partial charge in [-0.15, -0.1) is 0 Å². The number of rotatable bonds is 6. The van der Waals surface area contributed by atoms with E-state index in [-0.39, 0.29) is 17.9 Å². The molecular formula is C21H25BrN2O3. The Labute approximate surface area is 168 Å². The van der Waals surface area contributed by atoms with Gasteiger partial charge in [-0.05, 0) is 75.3 Å². The highest BCUT2D eigenvalue weighted by Crippen LogP contribution is 2.31. The van der Waals surface area contributed by atoms with Crippen LogP contribution in [0.15, 0.2) is 46.0 Å². The second kappa shape index (κ2) is 9.04. The topological polar surface area (TPSA) is 59.9 Å². The van der Waals surface area contributed by atoms with Crippen LogP contribution in [0.4, 0.5) is 0 Å². The van der Waals surface area contributed by atoms with Gasteiger partial charge in [0.2, 0.25) is 0 Å². The third-order valence-corrected chi connectivity index (χ3v) is 4.60. The molecule has 0 aromatic heterocycles. The third kappa shape index (κ3) is 6.10. The van der Waals surface area contributed by atoms with Crippen molar-refractivity contribution < 1.29 is 14.3 Å². The number of carbonyl (C=O) groups is 1. The number of nitrogens with one attached hydrogen (secondary N) is 1. The second-order valence-electron chi connectivity index (χ2n) is 7.21. The van der Waals surface area contributed by atoms with E-state index in [0.29, 0.717) is 5.75 Å². The molecule has 0 fully saturated rings. The lowest BCUT2D eigenvalue weighted by atomic mass is 9.87. The molecule has 5 nitrogen and oxygen atoms in total. The third-order valence-electron chi connectivity index (χ3n) is 3.98. The average molecular weight is 433 g/mol. The molecule has 1 N–H and O–H groups in total. The summed E-state index contributed by atoms with van der Waals surface area (Å²) in [4.78, 5) is 11.9. The molecule has 0 heterocycles. The molecule has 1 amide bonds. The predicted molar refractivity (Wildman–Crippen MR) is 112 cm³/mol. The second-order valence-corrected chi connectivity index (χ2v) is 8.06. The van der Waals surface area contributed by atoms with Crippen molar-refractivity contribution in [1.82, 2.24) is 5.43 Å². The number of halogens is 1. The van der Waals surface area contributed by atoms with Crippen LogP contribution >= 0.6 is 15.9 Å². The van der Waals surface area contributed by atoms with Crippen molar-refractivity contribution in [3.8, 4) is 11.5 Å². The first kappa shape index (κ1) is 21.0. The minimum atomic E-state index is -0.330. The number of hydrogen-bond acceptors (Lipinski definition) is 4. The van der Waals surface area contributed by atoms with Gasteiger partial charge in [0, 0.05) is 0 Å². The number of hydrazone groups is 1. The summed E-state index contributed by atoms with van der Waals surface area (Å²) < 4.78 is 11.6. The van der Waals surface area contributed by atoms with Crippen LogP contribution in [0, 0.1) is 6.92 Å². The Morgan fingerprint density at radius 3 is 2.48 bits per heavy atom. The zero-order valence-corrected chi connectivity index (χ0v) is 17.9. The van der Waals surface area contributed by atoms with Crippen molar-refractivity contribution in [3.63, 3.8) is 0 Å². The van der Waals surface area contributed by atoms with E-state index in [9.17, 15) is 4.79 Å². The summed E-state index contributed by atoms with van der Waals surface area (Å²) in [5, 5.41) is 3.96. The molecule has 0 aliphatic carbocycles. The van der Waals surface area contributed by atoms with Crippen LogP contribution in [-0.2, 0) is 10.2 Å². The molecule has 0 bridgehead atoms. The number of benzene rings is 2. The van der Waals surface area contributed by atoms with E-state index in [0.717, 1.165) is 21.3 Å². The highest BCUT2D eigenvalue weighted by atomic mass is 79.9. The summed E-state index contributed by atoms with van der Waals surface area (Å²) in [5.41, 5.74) is 5.57. The van der Waals surface area contributed by atoms with Crippen molar-refractivity contribution in [1.29, 1.82) is 0 Å². The van der Waals surface area contributed by atoms with Gasteiger partial charge in [0.1, 0.15) is 11.5 Å². The summed E-state index contributed by atoms with van der Waals surface area (Å²) in [6, 6.07) is 11.5. The smallest absolute Gasteiger partial charge is 0.277 e. The number of nitrogens with zero attached hydrogens (tertiary/aromatic N) is 1. The molecule has 27 heavy (non-hydrogen) atoms. The van der Waals surface area contributed by atoms with E-state index in [1.807, 2.05) is 43.3 Å². The molecule has 0 unspecified atom stereocenters. The molecule has 0 saturated carbocycles. The van der Waals surface area contributed by atoms with Gasteiger partial charge in [0.25, 0.3) is 5.91 Å². The molecule has 0 atom stereocenters. The standard InChI is InChI=1S/C21H25BrN2O3/c1-14-10-15(6-8-18(14)26-5)12-23-24-20(25)13-27-19-9-7-16(11-17(19)22)21(2,3)4/h6-12H,13H2,1-5H3,(H,24,25)/b23-12+. The Balaban J connectivity index is 1.88. The minimum absolute atomic E-state index is 0.0486. The van der Waals surface area contributed by atoms with Gasteiger partial charge in [0.15, 0.2) is 6.61 Å². The monoisotopic (exact) mass is 432 g/mol. The maximum absolute atomic E-state index is 11.9. The van der Waals surface area contributed by atoms with E-state index < -0.39 is 0 Å². The first-order valence-electron chi connectivity index (χ1n) is 8.60. The fourth-order valence-corrected chi connectivity index (χ4v) is 2.91. The van der Waals surface area contributed by atoms with E-state index in [2.05, 4.69) is 47.2 Å². The SMILES string of the molecule is COc1ccc(/C=N/NC(=O)COc2ccc(C(C)(C)C)cc2Br)cc1C. The fraction of sp³-hybridized carbons (Fsp3) is 0.333. The quantitative estimate of drug-likeness (QED) is 0.536. The van der Waals surface area contributed by atoms with E-state index >= 15 is 0 Å². The molecule has 0 saturated heterocycles. The summed E-state index contributed by atoms with van der Waals surface area (Å²) in [6.07, 6.45) is 1.58. The van der Waals surface area contributed by atoms with Crippen LogP contribution in [0.5, 0.6) is 11.5 Å². The number of aryl methyl sites for hydroxylation is 1. The van der Waals surface area contributed by atoms with Crippen LogP contribution in [0.25, 0.3) is 0 Å². The van der Waals surface area contributed by atoms with Crippen molar-refractivity contribution >= 4 is 28.1 Å². The Morgan fingerprint density at radius 1 is 1.19 bits per heavy atom. The van der Waals surface area contributed by atoms with Crippen LogP contribution in [0.3, 0.4) is 0 Å². The number of hydrogen-bond donors (Lipinski definition) is 1. The molecular weight excluding hydrogens is 408 g/mol. The first-order chi connectivity index (χ1) is 12.7. The number of carbonyl (C=O) groups excluding carboxylic acids is 1. The van der Waals surface area contributed by atoms with Crippen LogP contribution in [-0.4, -0.2) is 25.8 Å². The summed E-state index contributed by atoms with van der Waals surface area (Å²) in [6.45, 7) is 8.26. The highest BCUT2D eigenvalue weighted by Gasteiger charge is 2.15. The van der Waals surface area contributed by atoms with Crippen LogP contribution < -0.4 is 14.9 Å². The summed E-state index contributed by atoms with van der Waals surface area (Å²) in [5.74, 6) is 1.10. The van der Waals surface area contributed by atoms with Crippen molar-refractivity contribution in [2.24, 2.45) is 5.10 Å². The maximum Gasteiger partial charge on any atom is 0.277 e. The Bertz CT molecular complexity index is 842. The Kier molecular flexibility index (Phi) is 7.02. The first-order valence-corrected chi connectivity index (χ1v) is 9.39. The van der Waals surface area contributed by atoms with Crippen molar-refractivity contribution in [2.45, 2.75) is 33.1 Å². The minimum Gasteiger partial charge on any atom is -0.496 e. The van der Waals surface area contributed by atoms with Gasteiger partial charge in [-0.1, -0.05) is 26.8 Å². The molecule has 6 heteroatoms. The fourth-order valence-electron chi connectivity index (χ4n) is 2.42. The molecule has 0 aliphatic rings. The van der Waals surface area contributed by atoms with E-state index in [1.54, 1.807) is 13.3 Å². The molecule has 2 rings (SSSR count). The predicted octanol–water partition coefficient (Wildman–Crippen LogP) is 4.59. The molecule has 2 aromatic rings. The molecule has 144 valence electrons. The molecule has 0 radical (unpaired) electrons. The normalized spacial score (nSPS) is 11.5. The maximum atomic E-state index is 11.9. The molecule has 2 aromatic carbocycles. The largest absolute Gasteiger partial charge is 0.496 e. The zero-order valence-electron chi connectivity index (χ0n) is 16.3. The van der Waals surface area contributed by atoms with Gasteiger partial charge in [-0.2, -0.15) is 5.10 Å². The molecule has 0 spiro atoms. The summed E-state index contributed by atoms with van der Waals surface area (Å²) >= 11 is 3.49. The van der Waals surface area contributed by atoms with Crippen molar-refractivity contribution in [3.05, 3.63) is 57.6 Å². The van der Waals surface area contributed by atoms with E-state index in [1.165, 1.54) is 5.56 Å². The zero-order chi connectivity index (χ0) is 20.0. The lowest BCUT2D eigenvalue weighted by Gasteiger charge is -2.20. The van der Waals surface area contributed by atoms with Crippen LogP contribution in [0.2, 0.25) is 0 Å². The highest BCUT2D eigenvalue weighted by molar-refractivity contribution is 9.10. The van der Waals surface area contributed by atoms with Gasteiger partial charge in [-0.3, -0.25) is 4.79 Å². The lowest BCUT2D eigenvalue weighted by Crippen LogP contribution is -2.24. The van der Waals surface area contributed by atoms with Crippen molar-refractivity contribution in [2.75, 3.05) is 13.7 Å². The van der Waals surface area contributed by atoms with Gasteiger partial charge < -0.3 is 9.47 Å². The number of ether oxygens (including phenoxy) is 2. The van der Waals surface area contributed by atoms with E-state index in [4.69, 9.17) is 9.47 Å². The van der Waals surface area contributed by atoms with Gasteiger partial charge in [-0.25, -0.2) is 5.43 Å². The summed E-state index contributed by atoms with van der Waals surface area (Å²) in [7, 11) is 1.63.